The molecule has 0 radical (unpaired) electrons. The number of fused-ring (bicyclic) bond motifs is 4. The van der Waals surface area contributed by atoms with Crippen LogP contribution in [0.1, 0.15) is 128 Å². The molecule has 0 saturated heterocycles. The first kappa shape index (κ1) is 61.9. The molecule has 0 spiro atoms. The van der Waals surface area contributed by atoms with E-state index in [9.17, 15) is 0 Å². The fraction of sp³-hybridized carbons (Fsp3) is 0.438. The van der Waals surface area contributed by atoms with E-state index in [-0.39, 0.29) is 99.9 Å². The van der Waals surface area contributed by atoms with E-state index < -0.39 is 0 Å². The minimum Gasteiger partial charge on any atom is -1.00 e. The minimum absolute atomic E-state index is 0. The smallest absolute Gasteiger partial charge is 1.00 e. The van der Waals surface area contributed by atoms with Crippen molar-refractivity contribution >= 4 is 96.0 Å². The average Bonchev–Trinajstić information content (AvgIpc) is 4.21. The van der Waals surface area contributed by atoms with Crippen molar-refractivity contribution in [3.05, 3.63) is 146 Å². The van der Waals surface area contributed by atoms with Crippen LogP contribution in [-0.2, 0) is 43.4 Å². The van der Waals surface area contributed by atoms with Crippen LogP contribution >= 0.6 is 31.7 Å². The minimum atomic E-state index is 0. The van der Waals surface area contributed by atoms with E-state index in [0.29, 0.717) is 0 Å². The zero-order valence-electron chi connectivity index (χ0n) is 43.9. The Hall–Kier alpha value is -0.951. The van der Waals surface area contributed by atoms with Crippen LogP contribution in [0.4, 0.5) is 0 Å². The predicted octanol–water partition coefficient (Wildman–Crippen LogP) is 12.5. The Morgan fingerprint density at radius 2 is 0.514 bits per heavy atom. The number of benzene rings is 4. The molecule has 4 aliphatic carbocycles. The van der Waals surface area contributed by atoms with Crippen LogP contribution in [0.5, 0.6) is 0 Å². The second-order valence-corrected chi connectivity index (χ2v) is 31.3. The van der Waals surface area contributed by atoms with Gasteiger partial charge in [0, 0.05) is 0 Å². The molecule has 0 aliphatic heterocycles. The molecule has 0 amide bonds. The quantitative estimate of drug-likeness (QED) is 0.0808. The van der Waals surface area contributed by atoms with Gasteiger partial charge in [0.25, 0.3) is 0 Å². The molecule has 72 heavy (non-hydrogen) atoms. The summed E-state index contributed by atoms with van der Waals surface area (Å²) in [6.45, 7) is 9.18. The maximum absolute atomic E-state index is 2.55. The Balaban J connectivity index is 0.000000182. The van der Waals surface area contributed by atoms with E-state index in [2.05, 4.69) is 172 Å². The molecule has 8 aromatic carbocycles. The standard InChI is InChI=1S/2C21H28P.2C11H12P.2ClH.2Ti/c2*1-3-11-19(12-4-1)22(20-13-5-2-6-14-20)21-15-17-9-7-8-10-18(17)16-21;2*1-12(2)11-7-9-5-3-4-6-10(9)8-11;;;;/h2*7-10,15-16,19-20H,1-6,11-14H2;2*3-8H,1-2H3;2*1H;;/q4*-1;;;2*+2/p-2. The van der Waals surface area contributed by atoms with Gasteiger partial charge in [0.05, 0.1) is 0 Å². The van der Waals surface area contributed by atoms with Gasteiger partial charge in [-0.15, -0.1) is 177 Å². The second-order valence-electron chi connectivity index (χ2n) is 21.1. The van der Waals surface area contributed by atoms with Gasteiger partial charge in [-0.25, -0.2) is 0 Å². The Morgan fingerprint density at radius 3 is 0.736 bits per heavy atom. The number of hydrogen-bond donors (Lipinski definition) is 0. The zero-order valence-corrected chi connectivity index (χ0v) is 52.1. The van der Waals surface area contributed by atoms with Crippen LogP contribution in [0.15, 0.2) is 146 Å². The van der Waals surface area contributed by atoms with Crippen LogP contribution in [-0.4, -0.2) is 49.3 Å². The second kappa shape index (κ2) is 31.5. The fourth-order valence-electron chi connectivity index (χ4n) is 12.2. The van der Waals surface area contributed by atoms with E-state index in [4.69, 9.17) is 0 Å². The van der Waals surface area contributed by atoms with Crippen LogP contribution in [0.25, 0.3) is 43.1 Å². The molecule has 0 unspecified atom stereocenters. The first-order chi connectivity index (χ1) is 33.4. The van der Waals surface area contributed by atoms with Crippen molar-refractivity contribution in [3.63, 3.8) is 0 Å². The molecule has 8 aromatic rings. The topological polar surface area (TPSA) is 0 Å². The molecule has 0 N–H and O–H groups in total. The van der Waals surface area contributed by atoms with Crippen LogP contribution in [0.3, 0.4) is 0 Å². The summed E-state index contributed by atoms with van der Waals surface area (Å²) in [4.78, 5) is 0. The normalized spacial score (nSPS) is 17.0. The van der Waals surface area contributed by atoms with Gasteiger partial charge < -0.3 is 24.8 Å². The van der Waals surface area contributed by atoms with Crippen molar-refractivity contribution in [1.82, 2.24) is 0 Å². The van der Waals surface area contributed by atoms with Gasteiger partial charge >= 0.3 is 43.4 Å². The monoisotopic (exact) mass is 1140 g/mol. The van der Waals surface area contributed by atoms with Gasteiger partial charge in [-0.1, -0.05) is 117 Å². The molecule has 4 saturated carbocycles. The van der Waals surface area contributed by atoms with Crippen molar-refractivity contribution in [2.24, 2.45) is 0 Å². The molecule has 4 fully saturated rings. The molecule has 0 atom stereocenters. The van der Waals surface area contributed by atoms with E-state index in [1.165, 1.54) is 182 Å². The Labute approximate surface area is 483 Å². The first-order valence-electron chi connectivity index (χ1n) is 26.9. The van der Waals surface area contributed by atoms with Gasteiger partial charge in [0.2, 0.25) is 0 Å². The van der Waals surface area contributed by atoms with Gasteiger partial charge in [0.15, 0.2) is 0 Å². The van der Waals surface area contributed by atoms with E-state index in [0.717, 1.165) is 22.6 Å². The average molecular weight is 1140 g/mol. The number of rotatable bonds is 8. The molecule has 380 valence electrons. The SMILES string of the molecule is CP(C)c1cc2ccccc2[cH-]1.CP(C)c1cc2ccccc2[cH-]1.[Cl-].[Cl-].[Ti+2].[Ti+2].c1ccc2[cH-]c(P(C3CCCCC3)C3CCCCC3)cc2c1.c1ccc2[cH-]c(P(C3CCCCC3)C3CCCCC3)cc2c1. The Morgan fingerprint density at radius 1 is 0.306 bits per heavy atom. The van der Waals surface area contributed by atoms with E-state index in [1.54, 1.807) is 10.6 Å². The third-order valence-electron chi connectivity index (χ3n) is 15.9. The van der Waals surface area contributed by atoms with Gasteiger partial charge in [-0.05, 0) is 101 Å². The van der Waals surface area contributed by atoms with Gasteiger partial charge in [-0.3, -0.25) is 0 Å². The molecule has 0 aromatic heterocycles. The molecule has 12 rings (SSSR count). The summed E-state index contributed by atoms with van der Waals surface area (Å²) in [5.41, 5.74) is 4.07. The summed E-state index contributed by atoms with van der Waals surface area (Å²) >= 11 is 0. The summed E-state index contributed by atoms with van der Waals surface area (Å²) in [6.07, 6.45) is 29.8. The van der Waals surface area contributed by atoms with Crippen LogP contribution < -0.4 is 46.0 Å². The predicted molar refractivity (Wildman–Crippen MR) is 316 cm³/mol. The Bertz CT molecular complexity index is 2380. The van der Waals surface area contributed by atoms with E-state index >= 15 is 0 Å². The van der Waals surface area contributed by atoms with Crippen molar-refractivity contribution in [1.29, 1.82) is 0 Å². The first-order valence-corrected chi connectivity index (χ1v) is 34.3. The fourth-order valence-corrected chi connectivity index (χ4v) is 21.5. The molecule has 0 bridgehead atoms. The van der Waals surface area contributed by atoms with E-state index in [1.807, 2.05) is 0 Å². The van der Waals surface area contributed by atoms with Crippen molar-refractivity contribution in [2.45, 2.75) is 151 Å². The summed E-state index contributed by atoms with van der Waals surface area (Å²) in [7, 11) is 0.237. The summed E-state index contributed by atoms with van der Waals surface area (Å²) in [5.74, 6) is 0. The van der Waals surface area contributed by atoms with Crippen molar-refractivity contribution in [3.8, 4) is 0 Å². The molecule has 4 aliphatic rings. The molecular formula is C64H80Cl2P4Ti2-2. The van der Waals surface area contributed by atoms with Crippen LogP contribution in [0.2, 0.25) is 0 Å². The summed E-state index contributed by atoms with van der Waals surface area (Å²) in [5, 5.41) is 17.9. The maximum Gasteiger partial charge on any atom is 2.00 e. The zero-order chi connectivity index (χ0) is 46.7. The molecule has 0 heterocycles. The van der Waals surface area contributed by atoms with Gasteiger partial charge in [0.1, 0.15) is 0 Å². The Kier molecular flexibility index (Phi) is 27.0. The van der Waals surface area contributed by atoms with Crippen molar-refractivity contribution < 1.29 is 68.2 Å². The third-order valence-corrected chi connectivity index (χ3v) is 25.4. The number of halogens is 2. The van der Waals surface area contributed by atoms with Crippen LogP contribution in [0, 0.1) is 0 Å². The molecular weight excluding hydrogens is 1060 g/mol. The molecule has 8 heteroatoms. The third kappa shape index (κ3) is 16.5. The number of hydrogen-bond acceptors (Lipinski definition) is 0. The molecule has 0 nitrogen and oxygen atoms in total. The maximum atomic E-state index is 2.55. The largest absolute Gasteiger partial charge is 2.00 e. The summed E-state index contributed by atoms with van der Waals surface area (Å²) < 4.78 is 0. The van der Waals surface area contributed by atoms with Crippen molar-refractivity contribution in [2.75, 3.05) is 26.7 Å². The summed E-state index contributed by atoms with van der Waals surface area (Å²) in [6, 6.07) is 54.5. The van der Waals surface area contributed by atoms with Gasteiger partial charge in [-0.2, -0.15) is 24.3 Å².